The highest BCUT2D eigenvalue weighted by atomic mass is 35.5. The van der Waals surface area contributed by atoms with Crippen molar-refractivity contribution in [2.75, 3.05) is 0 Å². The van der Waals surface area contributed by atoms with Crippen LogP contribution in [0.4, 0.5) is 0 Å². The normalized spacial score (nSPS) is 10.6. The number of rotatable bonds is 5. The van der Waals surface area contributed by atoms with Gasteiger partial charge in [-0.25, -0.2) is 0 Å². The monoisotopic (exact) mass is 300 g/mol. The van der Waals surface area contributed by atoms with E-state index in [4.69, 9.17) is 32.8 Å². The molecule has 1 aromatic heterocycles. The van der Waals surface area contributed by atoms with Crippen molar-refractivity contribution in [1.29, 1.82) is 0 Å². The van der Waals surface area contributed by atoms with Crippen LogP contribution in [-0.4, -0.2) is 21.2 Å². The van der Waals surface area contributed by atoms with Gasteiger partial charge in [0.2, 0.25) is 11.7 Å². The molecule has 0 aliphatic rings. The second-order valence-electron chi connectivity index (χ2n) is 3.89. The number of aromatic nitrogens is 2. The second kappa shape index (κ2) is 6.04. The lowest BCUT2D eigenvalue weighted by Crippen LogP contribution is -1.95. The zero-order chi connectivity index (χ0) is 13.8. The molecule has 2 aromatic rings. The number of hydrogen-bond acceptors (Lipinski definition) is 4. The minimum absolute atomic E-state index is 0.0739. The van der Waals surface area contributed by atoms with E-state index in [-0.39, 0.29) is 6.42 Å². The molecule has 100 valence electrons. The molecule has 2 rings (SSSR count). The van der Waals surface area contributed by atoms with Crippen LogP contribution in [-0.2, 0) is 11.2 Å². The van der Waals surface area contributed by atoms with Gasteiger partial charge in [0.25, 0.3) is 0 Å². The lowest BCUT2D eigenvalue weighted by atomic mass is 10.2. The molecule has 0 amide bonds. The Labute approximate surface area is 119 Å². The Morgan fingerprint density at radius 3 is 2.79 bits per heavy atom. The van der Waals surface area contributed by atoms with E-state index in [1.54, 1.807) is 18.2 Å². The lowest BCUT2D eigenvalue weighted by Gasteiger charge is -1.97. The van der Waals surface area contributed by atoms with Gasteiger partial charge in [-0.3, -0.25) is 4.79 Å². The first kappa shape index (κ1) is 13.8. The number of carboxylic acid groups (broad SMARTS) is 1. The first-order chi connectivity index (χ1) is 9.06. The van der Waals surface area contributed by atoms with Gasteiger partial charge in [0.05, 0.1) is 10.0 Å². The van der Waals surface area contributed by atoms with Crippen molar-refractivity contribution in [1.82, 2.24) is 10.1 Å². The minimum Gasteiger partial charge on any atom is -0.481 e. The molecular formula is C12H10Cl2N2O3. The van der Waals surface area contributed by atoms with Crippen molar-refractivity contribution in [3.8, 4) is 11.4 Å². The third-order valence-corrected chi connectivity index (χ3v) is 3.17. The van der Waals surface area contributed by atoms with Crippen LogP contribution >= 0.6 is 23.2 Å². The highest BCUT2D eigenvalue weighted by Gasteiger charge is 2.10. The third kappa shape index (κ3) is 3.68. The van der Waals surface area contributed by atoms with Crippen molar-refractivity contribution in [2.24, 2.45) is 0 Å². The Bertz CT molecular complexity index is 598. The molecule has 19 heavy (non-hydrogen) atoms. The molecule has 0 aliphatic carbocycles. The predicted octanol–water partition coefficient (Wildman–Crippen LogP) is 3.45. The molecule has 0 atom stereocenters. The molecule has 0 saturated carbocycles. The second-order valence-corrected chi connectivity index (χ2v) is 4.70. The van der Waals surface area contributed by atoms with Crippen LogP contribution in [0.3, 0.4) is 0 Å². The largest absolute Gasteiger partial charge is 0.481 e. The fourth-order valence-electron chi connectivity index (χ4n) is 1.50. The van der Waals surface area contributed by atoms with Gasteiger partial charge >= 0.3 is 5.97 Å². The first-order valence-corrected chi connectivity index (χ1v) is 6.31. The van der Waals surface area contributed by atoms with Crippen molar-refractivity contribution in [3.63, 3.8) is 0 Å². The Kier molecular flexibility index (Phi) is 4.39. The summed E-state index contributed by atoms with van der Waals surface area (Å²) in [6.45, 7) is 0. The SMILES string of the molecule is O=C(O)CCCc1nc(-c2ccc(Cl)c(Cl)c2)no1. The maximum absolute atomic E-state index is 10.4. The van der Waals surface area contributed by atoms with Gasteiger partial charge in [0, 0.05) is 18.4 Å². The molecule has 0 bridgehead atoms. The average Bonchev–Trinajstić information content (AvgIpc) is 2.81. The van der Waals surface area contributed by atoms with Crippen molar-refractivity contribution in [3.05, 3.63) is 34.1 Å². The zero-order valence-corrected chi connectivity index (χ0v) is 11.3. The highest BCUT2D eigenvalue weighted by molar-refractivity contribution is 6.42. The summed E-state index contributed by atoms with van der Waals surface area (Å²) in [6.07, 6.45) is 0.962. The van der Waals surface area contributed by atoms with E-state index in [1.165, 1.54) is 0 Å². The summed E-state index contributed by atoms with van der Waals surface area (Å²) in [5, 5.41) is 13.2. The molecular weight excluding hydrogens is 291 g/mol. The number of aryl methyl sites for hydroxylation is 1. The topological polar surface area (TPSA) is 76.2 Å². The molecule has 0 unspecified atom stereocenters. The van der Waals surface area contributed by atoms with Gasteiger partial charge in [-0.2, -0.15) is 4.98 Å². The van der Waals surface area contributed by atoms with E-state index in [9.17, 15) is 4.79 Å². The molecule has 1 aromatic carbocycles. The molecule has 0 spiro atoms. The molecule has 1 N–H and O–H groups in total. The van der Waals surface area contributed by atoms with Gasteiger partial charge in [-0.15, -0.1) is 0 Å². The summed E-state index contributed by atoms with van der Waals surface area (Å²) in [7, 11) is 0. The summed E-state index contributed by atoms with van der Waals surface area (Å²) in [5.41, 5.74) is 0.697. The number of aliphatic carboxylic acids is 1. The Hall–Kier alpha value is -1.59. The first-order valence-electron chi connectivity index (χ1n) is 5.56. The highest BCUT2D eigenvalue weighted by Crippen LogP contribution is 2.27. The van der Waals surface area contributed by atoms with Crippen LogP contribution in [0, 0.1) is 0 Å². The van der Waals surface area contributed by atoms with Gasteiger partial charge in [0.15, 0.2) is 0 Å². The lowest BCUT2D eigenvalue weighted by molar-refractivity contribution is -0.137. The maximum atomic E-state index is 10.4. The summed E-state index contributed by atoms with van der Waals surface area (Å²) in [6, 6.07) is 5.04. The molecule has 1 heterocycles. The average molecular weight is 301 g/mol. The zero-order valence-electron chi connectivity index (χ0n) is 9.77. The molecule has 0 saturated heterocycles. The van der Waals surface area contributed by atoms with Crippen LogP contribution < -0.4 is 0 Å². The number of benzene rings is 1. The Morgan fingerprint density at radius 2 is 2.11 bits per heavy atom. The van der Waals surface area contributed by atoms with Crippen LogP contribution in [0.15, 0.2) is 22.7 Å². The van der Waals surface area contributed by atoms with E-state index in [1.807, 2.05) is 0 Å². The summed E-state index contributed by atoms with van der Waals surface area (Å²) < 4.78 is 5.04. The van der Waals surface area contributed by atoms with Crippen molar-refractivity contribution in [2.45, 2.75) is 19.3 Å². The standard InChI is InChI=1S/C12H10Cl2N2O3/c13-8-5-4-7(6-9(8)14)12-15-10(19-16-12)2-1-3-11(17)18/h4-6H,1-3H2,(H,17,18). The minimum atomic E-state index is -0.843. The van der Waals surface area contributed by atoms with Gasteiger partial charge in [-0.05, 0) is 24.6 Å². The predicted molar refractivity (Wildman–Crippen MR) is 70.3 cm³/mol. The third-order valence-electron chi connectivity index (χ3n) is 2.43. The number of carbonyl (C=O) groups is 1. The van der Waals surface area contributed by atoms with Crippen molar-refractivity contribution < 1.29 is 14.4 Å². The van der Waals surface area contributed by atoms with E-state index in [0.717, 1.165) is 0 Å². The number of carboxylic acids is 1. The molecule has 7 heteroatoms. The fourth-order valence-corrected chi connectivity index (χ4v) is 1.80. The summed E-state index contributed by atoms with van der Waals surface area (Å²) in [5.74, 6) is -0.0320. The summed E-state index contributed by atoms with van der Waals surface area (Å²) >= 11 is 11.7. The quantitative estimate of drug-likeness (QED) is 0.915. The number of nitrogens with zero attached hydrogens (tertiary/aromatic N) is 2. The van der Waals surface area contributed by atoms with E-state index in [2.05, 4.69) is 10.1 Å². The number of halogens is 2. The van der Waals surface area contributed by atoms with Crippen LogP contribution in [0.5, 0.6) is 0 Å². The smallest absolute Gasteiger partial charge is 0.303 e. The van der Waals surface area contributed by atoms with Gasteiger partial charge in [0.1, 0.15) is 0 Å². The fraction of sp³-hybridized carbons (Fsp3) is 0.250. The molecule has 0 fully saturated rings. The Morgan fingerprint density at radius 1 is 1.32 bits per heavy atom. The van der Waals surface area contributed by atoms with E-state index >= 15 is 0 Å². The Balaban J connectivity index is 2.07. The van der Waals surface area contributed by atoms with Crippen molar-refractivity contribution >= 4 is 29.2 Å². The van der Waals surface area contributed by atoms with Crippen LogP contribution in [0.2, 0.25) is 10.0 Å². The molecule has 0 radical (unpaired) electrons. The maximum Gasteiger partial charge on any atom is 0.303 e. The molecule has 5 nitrogen and oxygen atoms in total. The van der Waals surface area contributed by atoms with Crippen LogP contribution in [0.25, 0.3) is 11.4 Å². The molecule has 0 aliphatic heterocycles. The van der Waals surface area contributed by atoms with E-state index < -0.39 is 5.97 Å². The van der Waals surface area contributed by atoms with E-state index in [0.29, 0.717) is 40.2 Å². The number of hydrogen-bond donors (Lipinski definition) is 1. The summed E-state index contributed by atoms with van der Waals surface area (Å²) in [4.78, 5) is 14.6. The van der Waals surface area contributed by atoms with Gasteiger partial charge < -0.3 is 9.63 Å². The van der Waals surface area contributed by atoms with Crippen LogP contribution in [0.1, 0.15) is 18.7 Å². The van der Waals surface area contributed by atoms with Gasteiger partial charge in [-0.1, -0.05) is 28.4 Å².